The molecule has 0 saturated carbocycles. The van der Waals surface area contributed by atoms with E-state index in [1.807, 2.05) is 19.2 Å². The Labute approximate surface area is 113 Å². The minimum absolute atomic E-state index is 0.819. The van der Waals surface area contributed by atoms with Crippen molar-refractivity contribution in [2.24, 2.45) is 0 Å². The first-order valence-electron chi connectivity index (χ1n) is 5.56. The van der Waals surface area contributed by atoms with Crippen LogP contribution in [0.15, 0.2) is 35.4 Å². The highest BCUT2D eigenvalue weighted by Crippen LogP contribution is 2.28. The van der Waals surface area contributed by atoms with E-state index in [0.717, 1.165) is 21.5 Å². The first kappa shape index (κ1) is 11.6. The van der Waals surface area contributed by atoms with E-state index < -0.39 is 0 Å². The van der Waals surface area contributed by atoms with Crippen LogP contribution in [0.3, 0.4) is 0 Å². The largest absolute Gasteiger partial charge is 0.377 e. The van der Waals surface area contributed by atoms with E-state index in [9.17, 15) is 0 Å². The summed E-state index contributed by atoms with van der Waals surface area (Å²) >= 11 is 3.14. The molecule has 0 aliphatic heterocycles. The van der Waals surface area contributed by atoms with E-state index in [1.165, 1.54) is 22.4 Å². The summed E-state index contributed by atoms with van der Waals surface area (Å²) in [4.78, 5) is 3.39. The van der Waals surface area contributed by atoms with Crippen LogP contribution in [0, 0.1) is 0 Å². The highest BCUT2D eigenvalue weighted by atomic mass is 32.2. The van der Waals surface area contributed by atoms with Crippen LogP contribution >= 0.6 is 23.3 Å². The quantitative estimate of drug-likeness (QED) is 0.717. The Morgan fingerprint density at radius 2 is 2.28 bits per heavy atom. The first-order valence-corrected chi connectivity index (χ1v) is 7.32. The Morgan fingerprint density at radius 3 is 3.11 bits per heavy atom. The van der Waals surface area contributed by atoms with E-state index >= 15 is 0 Å². The van der Waals surface area contributed by atoms with Gasteiger partial charge in [0.1, 0.15) is 10.7 Å². The molecule has 6 heteroatoms. The van der Waals surface area contributed by atoms with Gasteiger partial charge in [-0.05, 0) is 12.1 Å². The molecule has 2 N–H and O–H groups in total. The molecule has 0 radical (unpaired) electrons. The molecule has 2 heterocycles. The lowest BCUT2D eigenvalue weighted by Crippen LogP contribution is -1.90. The summed E-state index contributed by atoms with van der Waals surface area (Å²) in [5.41, 5.74) is 2.18. The molecule has 18 heavy (non-hydrogen) atoms. The monoisotopic (exact) mass is 276 g/mol. The van der Waals surface area contributed by atoms with Crippen LogP contribution in [-0.4, -0.2) is 21.6 Å². The maximum absolute atomic E-state index is 4.13. The summed E-state index contributed by atoms with van der Waals surface area (Å²) in [6, 6.07) is 10.5. The van der Waals surface area contributed by atoms with Gasteiger partial charge in [-0.2, -0.15) is 0 Å². The fourth-order valence-corrected chi connectivity index (χ4v) is 3.27. The zero-order valence-electron chi connectivity index (χ0n) is 9.80. The maximum atomic E-state index is 4.13. The second kappa shape index (κ2) is 4.99. The molecule has 1 aromatic carbocycles. The fraction of sp³-hybridized carbons (Fsp3) is 0.167. The normalized spacial score (nSPS) is 10.9. The van der Waals surface area contributed by atoms with Gasteiger partial charge in [0, 0.05) is 35.2 Å². The number of rotatable bonds is 4. The molecular formula is C12H12N4S2. The highest BCUT2D eigenvalue weighted by molar-refractivity contribution is 7.98. The summed E-state index contributed by atoms with van der Waals surface area (Å²) in [7, 11) is 1.90. The van der Waals surface area contributed by atoms with E-state index in [2.05, 4.69) is 38.1 Å². The first-order chi connectivity index (χ1) is 8.86. The standard InChI is InChI=1S/C12H12N4S2/c1-13-12-10(15-16-18-12)7-17-11-6-8-4-2-3-5-9(8)14-11/h2-6,13-14H,7H2,1H3. The molecule has 0 amide bonds. The van der Waals surface area contributed by atoms with Crippen molar-refractivity contribution in [1.29, 1.82) is 0 Å². The van der Waals surface area contributed by atoms with Crippen molar-refractivity contribution in [3.05, 3.63) is 36.0 Å². The van der Waals surface area contributed by atoms with Crippen molar-refractivity contribution in [2.75, 3.05) is 12.4 Å². The van der Waals surface area contributed by atoms with Gasteiger partial charge in [-0.1, -0.05) is 22.7 Å². The number of hydrogen-bond donors (Lipinski definition) is 2. The van der Waals surface area contributed by atoms with Gasteiger partial charge in [0.2, 0.25) is 0 Å². The highest BCUT2D eigenvalue weighted by Gasteiger charge is 2.08. The van der Waals surface area contributed by atoms with Crippen LogP contribution in [0.25, 0.3) is 10.9 Å². The van der Waals surface area contributed by atoms with Gasteiger partial charge in [0.15, 0.2) is 0 Å². The van der Waals surface area contributed by atoms with Crippen molar-refractivity contribution in [1.82, 2.24) is 14.6 Å². The van der Waals surface area contributed by atoms with Crippen molar-refractivity contribution in [3.63, 3.8) is 0 Å². The molecule has 0 aliphatic carbocycles. The van der Waals surface area contributed by atoms with Crippen molar-refractivity contribution < 1.29 is 0 Å². The number of nitrogens with one attached hydrogen (secondary N) is 2. The summed E-state index contributed by atoms with van der Waals surface area (Å²) in [5, 5.41) is 10.7. The van der Waals surface area contributed by atoms with Crippen LogP contribution in [0.4, 0.5) is 5.00 Å². The van der Waals surface area contributed by atoms with Crippen LogP contribution in [0.2, 0.25) is 0 Å². The Balaban J connectivity index is 1.77. The summed E-state index contributed by atoms with van der Waals surface area (Å²) in [6.07, 6.45) is 0. The molecular weight excluding hydrogens is 264 g/mol. The fourth-order valence-electron chi connectivity index (χ4n) is 1.76. The molecule has 0 fully saturated rings. The smallest absolute Gasteiger partial charge is 0.133 e. The van der Waals surface area contributed by atoms with Crippen LogP contribution < -0.4 is 5.32 Å². The predicted octanol–water partition coefficient (Wildman–Crippen LogP) is 3.35. The van der Waals surface area contributed by atoms with Gasteiger partial charge in [-0.15, -0.1) is 16.9 Å². The number of benzene rings is 1. The molecule has 0 saturated heterocycles. The Morgan fingerprint density at radius 1 is 1.39 bits per heavy atom. The minimum Gasteiger partial charge on any atom is -0.377 e. The topological polar surface area (TPSA) is 53.6 Å². The van der Waals surface area contributed by atoms with Crippen LogP contribution in [0.1, 0.15) is 5.69 Å². The third-order valence-electron chi connectivity index (χ3n) is 2.65. The molecule has 4 nitrogen and oxygen atoms in total. The van der Waals surface area contributed by atoms with Crippen molar-refractivity contribution in [3.8, 4) is 0 Å². The van der Waals surface area contributed by atoms with Crippen LogP contribution in [0.5, 0.6) is 0 Å². The lowest BCUT2D eigenvalue weighted by Gasteiger charge is -1.98. The molecule has 0 aliphatic rings. The van der Waals surface area contributed by atoms with E-state index in [1.54, 1.807) is 11.8 Å². The number of aromatic amines is 1. The number of anilines is 1. The third kappa shape index (κ3) is 2.21. The zero-order valence-corrected chi connectivity index (χ0v) is 11.4. The second-order valence-corrected chi connectivity index (χ2v) is 5.58. The zero-order chi connectivity index (χ0) is 12.4. The van der Waals surface area contributed by atoms with Gasteiger partial charge in [0.25, 0.3) is 0 Å². The number of H-pyrrole nitrogens is 1. The van der Waals surface area contributed by atoms with Gasteiger partial charge < -0.3 is 10.3 Å². The summed E-state index contributed by atoms with van der Waals surface area (Å²) in [6.45, 7) is 0. The van der Waals surface area contributed by atoms with Gasteiger partial charge >= 0.3 is 0 Å². The molecule has 0 unspecified atom stereocenters. The number of nitrogens with zero attached hydrogens (tertiary/aromatic N) is 2. The third-order valence-corrected chi connectivity index (χ3v) is 4.39. The maximum Gasteiger partial charge on any atom is 0.133 e. The Bertz CT molecular complexity index is 626. The second-order valence-electron chi connectivity index (χ2n) is 3.81. The van der Waals surface area contributed by atoms with E-state index in [0.29, 0.717) is 0 Å². The molecule has 0 atom stereocenters. The number of thioether (sulfide) groups is 1. The molecule has 0 spiro atoms. The van der Waals surface area contributed by atoms with Crippen molar-refractivity contribution in [2.45, 2.75) is 10.8 Å². The van der Waals surface area contributed by atoms with E-state index in [4.69, 9.17) is 0 Å². The minimum atomic E-state index is 0.819. The lowest BCUT2D eigenvalue weighted by atomic mass is 10.3. The van der Waals surface area contributed by atoms with Gasteiger partial charge in [-0.3, -0.25) is 0 Å². The van der Waals surface area contributed by atoms with Crippen molar-refractivity contribution >= 4 is 39.2 Å². The summed E-state index contributed by atoms with van der Waals surface area (Å²) < 4.78 is 3.95. The number of aromatic nitrogens is 3. The summed E-state index contributed by atoms with van der Waals surface area (Å²) in [5.74, 6) is 0.819. The molecule has 3 aromatic rings. The predicted molar refractivity (Wildman–Crippen MR) is 77.3 cm³/mol. The molecule has 3 rings (SSSR count). The Kier molecular flexibility index (Phi) is 3.21. The molecule has 92 valence electrons. The van der Waals surface area contributed by atoms with Gasteiger partial charge in [0.05, 0.1) is 5.03 Å². The number of fused-ring (bicyclic) bond motifs is 1. The average molecular weight is 276 g/mol. The SMILES string of the molecule is CNc1snnc1CSc1cc2ccccc2[nH]1. The lowest BCUT2D eigenvalue weighted by molar-refractivity contribution is 1.07. The van der Waals surface area contributed by atoms with E-state index in [-0.39, 0.29) is 0 Å². The number of hydrogen-bond acceptors (Lipinski definition) is 5. The molecule has 2 aromatic heterocycles. The average Bonchev–Trinajstić information content (AvgIpc) is 3.01. The number of para-hydroxylation sites is 1. The Hall–Kier alpha value is -1.53. The van der Waals surface area contributed by atoms with Crippen LogP contribution in [-0.2, 0) is 5.75 Å². The van der Waals surface area contributed by atoms with Gasteiger partial charge in [-0.25, -0.2) is 0 Å². The molecule has 0 bridgehead atoms.